The van der Waals surface area contributed by atoms with Crippen LogP contribution in [0.2, 0.25) is 0 Å². The normalized spacial score (nSPS) is 15.5. The SMILES string of the molecule is COc1cc2c(cc1N)C(C)CC(C)(C)N2CCCCOP(OCCC#N)N(C(C)C)C(C)C.N#Cc1cc(Cc2ccccc2)ccc1N. The summed E-state index contributed by atoms with van der Waals surface area (Å²) in [5, 5.41) is 17.8. The average molecular weight is 701 g/mol. The van der Waals surface area contributed by atoms with E-state index in [1.165, 1.54) is 16.8 Å². The van der Waals surface area contributed by atoms with Gasteiger partial charge in [0, 0.05) is 41.6 Å². The summed E-state index contributed by atoms with van der Waals surface area (Å²) in [6, 6.07) is 24.8. The number of nitrogen functional groups attached to an aromatic ring is 2. The van der Waals surface area contributed by atoms with E-state index in [1.54, 1.807) is 13.2 Å². The zero-order chi connectivity index (χ0) is 36.8. The Kier molecular flexibility index (Phi) is 15.8. The first-order valence-electron chi connectivity index (χ1n) is 17.6. The summed E-state index contributed by atoms with van der Waals surface area (Å²) >= 11 is 0. The van der Waals surface area contributed by atoms with Gasteiger partial charge in [-0.25, -0.2) is 4.67 Å². The fraction of sp³-hybridized carbons (Fsp3) is 0.500. The van der Waals surface area contributed by atoms with E-state index in [1.807, 2.05) is 30.3 Å². The van der Waals surface area contributed by atoms with Crippen molar-refractivity contribution >= 4 is 25.6 Å². The fourth-order valence-electron chi connectivity index (χ4n) is 6.60. The Morgan fingerprint density at radius 2 is 1.60 bits per heavy atom. The maximum absolute atomic E-state index is 8.89. The summed E-state index contributed by atoms with van der Waals surface area (Å²) in [6.45, 7) is 17.5. The second-order valence-corrected chi connectivity index (χ2v) is 15.5. The third-order valence-corrected chi connectivity index (χ3v) is 11.0. The number of rotatable bonds is 15. The minimum atomic E-state index is -1.18. The predicted molar refractivity (Wildman–Crippen MR) is 207 cm³/mol. The number of ether oxygens (including phenoxy) is 1. The highest BCUT2D eigenvalue weighted by molar-refractivity contribution is 7.44. The number of nitriles is 2. The number of unbranched alkanes of at least 4 members (excludes halogenated alkanes) is 1. The molecule has 9 nitrogen and oxygen atoms in total. The molecule has 0 spiro atoms. The molecule has 0 aromatic heterocycles. The van der Waals surface area contributed by atoms with Crippen LogP contribution in [-0.2, 0) is 15.5 Å². The summed E-state index contributed by atoms with van der Waals surface area (Å²) in [5.41, 5.74) is 18.6. The molecule has 1 aliphatic rings. The first-order valence-corrected chi connectivity index (χ1v) is 18.7. The maximum Gasteiger partial charge on any atom is 0.259 e. The maximum atomic E-state index is 8.89. The topological polar surface area (TPSA) is 134 Å². The van der Waals surface area contributed by atoms with Crippen LogP contribution in [0, 0.1) is 22.7 Å². The lowest BCUT2D eigenvalue weighted by atomic mass is 9.79. The summed E-state index contributed by atoms with van der Waals surface area (Å²) in [5.74, 6) is 1.18. The molecule has 0 fully saturated rings. The number of benzene rings is 3. The third kappa shape index (κ3) is 11.3. The number of anilines is 3. The number of nitrogens with zero attached hydrogens (tertiary/aromatic N) is 4. The molecular formula is C40H57N6O3P. The first kappa shape index (κ1) is 40.6. The van der Waals surface area contributed by atoms with Gasteiger partial charge in [-0.3, -0.25) is 0 Å². The molecule has 2 unspecified atom stereocenters. The quantitative estimate of drug-likeness (QED) is 0.0904. The highest BCUT2D eigenvalue weighted by Gasteiger charge is 2.36. The van der Waals surface area contributed by atoms with Crippen LogP contribution in [0.4, 0.5) is 17.1 Å². The van der Waals surface area contributed by atoms with Crippen LogP contribution in [0.5, 0.6) is 5.75 Å². The number of fused-ring (bicyclic) bond motifs is 1. The molecule has 10 heteroatoms. The van der Waals surface area contributed by atoms with Crippen molar-refractivity contribution in [2.24, 2.45) is 0 Å². The van der Waals surface area contributed by atoms with E-state index in [9.17, 15) is 0 Å². The summed E-state index contributed by atoms with van der Waals surface area (Å²) in [4.78, 5) is 2.51. The number of methoxy groups -OCH3 is 1. The van der Waals surface area contributed by atoms with Gasteiger partial charge in [-0.1, -0.05) is 43.3 Å². The van der Waals surface area contributed by atoms with Crippen molar-refractivity contribution in [2.75, 3.05) is 43.2 Å². The number of hydrogen-bond acceptors (Lipinski definition) is 9. The first-order chi connectivity index (χ1) is 23.8. The van der Waals surface area contributed by atoms with Gasteiger partial charge >= 0.3 is 0 Å². The van der Waals surface area contributed by atoms with E-state index in [4.69, 9.17) is 35.8 Å². The van der Waals surface area contributed by atoms with Crippen molar-refractivity contribution in [1.29, 1.82) is 10.5 Å². The summed E-state index contributed by atoms with van der Waals surface area (Å²) in [7, 11) is 0.487. The van der Waals surface area contributed by atoms with Crippen molar-refractivity contribution in [3.63, 3.8) is 0 Å². The Bertz CT molecular complexity index is 1580. The molecule has 0 bridgehead atoms. The van der Waals surface area contributed by atoms with Crippen LogP contribution in [0.3, 0.4) is 0 Å². The van der Waals surface area contributed by atoms with Gasteiger partial charge in [-0.2, -0.15) is 10.5 Å². The van der Waals surface area contributed by atoms with Gasteiger partial charge in [0.05, 0.1) is 44.1 Å². The molecule has 0 aliphatic carbocycles. The molecular weight excluding hydrogens is 643 g/mol. The third-order valence-electron chi connectivity index (χ3n) is 8.87. The zero-order valence-corrected chi connectivity index (χ0v) is 32.2. The molecule has 1 aliphatic heterocycles. The number of hydrogen-bond donors (Lipinski definition) is 2. The van der Waals surface area contributed by atoms with Gasteiger partial charge < -0.3 is 30.2 Å². The van der Waals surface area contributed by atoms with Crippen LogP contribution in [0.1, 0.15) is 102 Å². The average Bonchev–Trinajstić information content (AvgIpc) is 3.07. The zero-order valence-electron chi connectivity index (χ0n) is 31.3. The lowest BCUT2D eigenvalue weighted by Crippen LogP contribution is -2.48. The van der Waals surface area contributed by atoms with Crippen LogP contribution in [-0.4, -0.2) is 49.2 Å². The highest BCUT2D eigenvalue weighted by atomic mass is 31.2. The van der Waals surface area contributed by atoms with Crippen molar-refractivity contribution in [2.45, 2.75) is 104 Å². The molecule has 50 heavy (non-hydrogen) atoms. The van der Waals surface area contributed by atoms with Crippen LogP contribution < -0.4 is 21.1 Å². The molecule has 3 aromatic rings. The molecule has 4 rings (SSSR count). The van der Waals surface area contributed by atoms with Gasteiger partial charge in [0.15, 0.2) is 0 Å². The van der Waals surface area contributed by atoms with Gasteiger partial charge in [0.1, 0.15) is 11.8 Å². The Balaban J connectivity index is 0.000000349. The minimum Gasteiger partial charge on any atom is -0.495 e. The van der Waals surface area contributed by atoms with Crippen LogP contribution in [0.25, 0.3) is 0 Å². The van der Waals surface area contributed by atoms with Crippen LogP contribution in [0.15, 0.2) is 60.7 Å². The van der Waals surface area contributed by atoms with Gasteiger partial charge in [-0.15, -0.1) is 0 Å². The molecule has 270 valence electrons. The summed E-state index contributed by atoms with van der Waals surface area (Å²) in [6.07, 6.45) is 4.23. The van der Waals surface area contributed by atoms with Crippen molar-refractivity contribution in [1.82, 2.24) is 4.67 Å². The van der Waals surface area contributed by atoms with E-state index >= 15 is 0 Å². The van der Waals surface area contributed by atoms with E-state index < -0.39 is 8.53 Å². The van der Waals surface area contributed by atoms with Crippen molar-refractivity contribution in [3.05, 3.63) is 82.9 Å². The molecule has 0 saturated heterocycles. The Labute approximate surface area is 302 Å². The van der Waals surface area contributed by atoms with E-state index in [0.29, 0.717) is 54.6 Å². The molecule has 4 N–H and O–H groups in total. The lowest BCUT2D eigenvalue weighted by Gasteiger charge is -2.48. The van der Waals surface area contributed by atoms with Gasteiger partial charge in [0.25, 0.3) is 8.53 Å². The molecule has 2 atom stereocenters. The fourth-order valence-corrected chi connectivity index (χ4v) is 8.23. The van der Waals surface area contributed by atoms with E-state index in [0.717, 1.165) is 43.5 Å². The van der Waals surface area contributed by atoms with Gasteiger partial charge in [0.2, 0.25) is 0 Å². The molecule has 0 amide bonds. The Hall–Kier alpha value is -3.85. The predicted octanol–water partition coefficient (Wildman–Crippen LogP) is 9.17. The molecule has 3 aromatic carbocycles. The Morgan fingerprint density at radius 3 is 2.22 bits per heavy atom. The monoisotopic (exact) mass is 700 g/mol. The lowest BCUT2D eigenvalue weighted by molar-refractivity contribution is 0.174. The molecule has 0 radical (unpaired) electrons. The minimum absolute atomic E-state index is 0.0491. The van der Waals surface area contributed by atoms with E-state index in [2.05, 4.69) is 94.4 Å². The number of nitrogens with two attached hydrogens (primary N) is 2. The molecule has 1 heterocycles. The second-order valence-electron chi connectivity index (χ2n) is 14.0. The van der Waals surface area contributed by atoms with Crippen LogP contribution >= 0.6 is 8.53 Å². The largest absolute Gasteiger partial charge is 0.495 e. The molecule has 0 saturated carbocycles. The highest BCUT2D eigenvalue weighted by Crippen LogP contribution is 2.47. The smallest absolute Gasteiger partial charge is 0.259 e. The second kappa shape index (κ2) is 19.5. The standard InChI is InChI=1S/C26H45N4O3P.C14H12N2/c1-19(2)30(20(3)4)34(33-15-11-12-27)32-14-10-9-13-29-24-17-25(31-8)23(28)16-22(24)21(5)18-26(29,6)7;15-10-13-9-12(6-7-14(13)16)8-11-4-2-1-3-5-11/h16-17,19-21H,9-11,13-15,18,28H2,1-8H3;1-7,9H,8,16H2. The van der Waals surface area contributed by atoms with Crippen molar-refractivity contribution in [3.8, 4) is 17.9 Å². The van der Waals surface area contributed by atoms with E-state index in [-0.39, 0.29) is 5.54 Å². The summed E-state index contributed by atoms with van der Waals surface area (Å²) < 4.78 is 20.1. The Morgan fingerprint density at radius 1 is 0.920 bits per heavy atom. The van der Waals surface area contributed by atoms with Crippen molar-refractivity contribution < 1.29 is 13.8 Å². The van der Waals surface area contributed by atoms with Gasteiger partial charge in [-0.05, 0) is 108 Å².